The average Bonchev–Trinajstić information content (AvgIpc) is 3.56. The van der Waals surface area contributed by atoms with Crippen molar-refractivity contribution >= 4 is 46.6 Å². The third kappa shape index (κ3) is 6.13. The van der Waals surface area contributed by atoms with E-state index in [0.717, 1.165) is 11.3 Å². The van der Waals surface area contributed by atoms with E-state index in [4.69, 9.17) is 25.5 Å². The van der Waals surface area contributed by atoms with E-state index in [1.165, 1.54) is 15.9 Å². The third-order valence-corrected chi connectivity index (χ3v) is 8.17. The molecule has 9 nitrogen and oxygen atoms in total. The predicted octanol–water partition coefficient (Wildman–Crippen LogP) is 5.34. The van der Waals surface area contributed by atoms with Gasteiger partial charge in [0.05, 0.1) is 40.1 Å². The first-order valence-corrected chi connectivity index (χ1v) is 15.3. The number of fused-ring (bicyclic) bond motifs is 1. The first-order valence-electron chi connectivity index (χ1n) is 14.1. The van der Waals surface area contributed by atoms with Crippen LogP contribution >= 0.6 is 22.9 Å². The van der Waals surface area contributed by atoms with E-state index < -0.39 is 18.0 Å². The Bertz CT molecular complexity index is 1950. The van der Waals surface area contributed by atoms with Gasteiger partial charge in [0.2, 0.25) is 0 Å². The second kappa shape index (κ2) is 12.7. The highest BCUT2D eigenvalue weighted by Gasteiger charge is 2.33. The zero-order chi connectivity index (χ0) is 31.7. The van der Waals surface area contributed by atoms with Gasteiger partial charge in [0.15, 0.2) is 4.80 Å². The maximum absolute atomic E-state index is 14.0. The molecule has 44 heavy (non-hydrogen) atoms. The monoisotopic (exact) mass is 633 g/mol. The number of furan rings is 1. The van der Waals surface area contributed by atoms with Crippen molar-refractivity contribution in [3.8, 4) is 11.3 Å². The van der Waals surface area contributed by atoms with Crippen LogP contribution < -0.4 is 19.8 Å². The zero-order valence-electron chi connectivity index (χ0n) is 25.2. The van der Waals surface area contributed by atoms with Crippen molar-refractivity contribution in [2.75, 3.05) is 25.6 Å². The largest absolute Gasteiger partial charge is 0.463 e. The molecule has 0 saturated heterocycles. The number of carbonyl (C=O) groups is 2. The number of nitrogens with zero attached hydrogens (tertiary/aromatic N) is 3. The maximum atomic E-state index is 14.0. The highest BCUT2D eigenvalue weighted by molar-refractivity contribution is 7.07. The number of anilines is 1. The molecule has 0 bridgehead atoms. The summed E-state index contributed by atoms with van der Waals surface area (Å²) in [6.45, 7) is 7.22. The summed E-state index contributed by atoms with van der Waals surface area (Å²) in [4.78, 5) is 46.9. The Morgan fingerprint density at radius 3 is 2.50 bits per heavy atom. The summed E-state index contributed by atoms with van der Waals surface area (Å²) in [6, 6.07) is 15.2. The van der Waals surface area contributed by atoms with Crippen molar-refractivity contribution < 1.29 is 23.5 Å². The lowest BCUT2D eigenvalue weighted by Crippen LogP contribution is -2.39. The van der Waals surface area contributed by atoms with Gasteiger partial charge in [-0.15, -0.1) is 0 Å². The van der Waals surface area contributed by atoms with Crippen LogP contribution in [0.15, 0.2) is 80.1 Å². The molecule has 0 spiro atoms. The van der Waals surface area contributed by atoms with Crippen LogP contribution in [0, 0.1) is 0 Å². The van der Waals surface area contributed by atoms with Crippen LogP contribution in [0.2, 0.25) is 5.02 Å². The number of thiazole rings is 1. The Hall–Kier alpha value is -4.41. The summed E-state index contributed by atoms with van der Waals surface area (Å²) >= 11 is 7.45. The molecule has 3 heterocycles. The van der Waals surface area contributed by atoms with Crippen molar-refractivity contribution in [3.63, 3.8) is 0 Å². The van der Waals surface area contributed by atoms with Gasteiger partial charge in [-0.2, -0.15) is 0 Å². The van der Waals surface area contributed by atoms with E-state index in [-0.39, 0.29) is 18.3 Å². The molecule has 228 valence electrons. The number of carbonyl (C=O) groups excluding carboxylic acids is 2. The molecule has 0 saturated carbocycles. The minimum Gasteiger partial charge on any atom is -0.463 e. The average molecular weight is 634 g/mol. The molecule has 1 aliphatic rings. The number of rotatable bonds is 8. The Labute approximate surface area is 263 Å². The fraction of sp³-hybridized carbons (Fsp3) is 0.273. The summed E-state index contributed by atoms with van der Waals surface area (Å²) in [5.74, 6) is -0.235. The minimum atomic E-state index is -0.725. The molecule has 0 fully saturated rings. The number of benzene rings is 2. The van der Waals surface area contributed by atoms with Gasteiger partial charge < -0.3 is 18.8 Å². The maximum Gasteiger partial charge on any atom is 0.339 e. The molecule has 0 N–H and O–H groups in total. The fourth-order valence-electron chi connectivity index (χ4n) is 4.94. The molecule has 4 aromatic rings. The summed E-state index contributed by atoms with van der Waals surface area (Å²) in [5, 5.41) is 0.429. The van der Waals surface area contributed by atoms with E-state index in [1.807, 2.05) is 43.3 Å². The Balaban J connectivity index is 1.60. The van der Waals surface area contributed by atoms with Gasteiger partial charge in [0.25, 0.3) is 5.56 Å². The summed E-state index contributed by atoms with van der Waals surface area (Å²) in [6.07, 6.45) is 1.33. The van der Waals surface area contributed by atoms with Gasteiger partial charge in [0.1, 0.15) is 11.5 Å². The van der Waals surface area contributed by atoms with Crippen LogP contribution in [0.4, 0.5) is 5.69 Å². The van der Waals surface area contributed by atoms with E-state index in [0.29, 0.717) is 48.3 Å². The lowest BCUT2D eigenvalue weighted by atomic mass is 9.95. The summed E-state index contributed by atoms with van der Waals surface area (Å²) in [7, 11) is 3.88. The molecule has 11 heteroatoms. The topological polar surface area (TPSA) is 103 Å². The number of aromatic nitrogens is 1. The number of hydrogen-bond acceptors (Lipinski definition) is 9. The van der Waals surface area contributed by atoms with Gasteiger partial charge in [-0.3, -0.25) is 9.36 Å². The Kier molecular flexibility index (Phi) is 8.94. The molecular weight excluding hydrogens is 602 g/mol. The van der Waals surface area contributed by atoms with E-state index in [2.05, 4.69) is 4.99 Å². The van der Waals surface area contributed by atoms with Crippen LogP contribution in [-0.4, -0.2) is 43.3 Å². The van der Waals surface area contributed by atoms with Gasteiger partial charge in [0, 0.05) is 36.4 Å². The van der Waals surface area contributed by atoms with E-state index >= 15 is 0 Å². The normalized spacial score (nSPS) is 14.8. The fourth-order valence-corrected chi connectivity index (χ4v) is 6.14. The van der Waals surface area contributed by atoms with Crippen molar-refractivity contribution in [1.82, 2.24) is 4.57 Å². The van der Waals surface area contributed by atoms with Crippen LogP contribution in [0.3, 0.4) is 0 Å². The molecule has 5 rings (SSSR count). The molecular formula is C33H32ClN3O6S. The summed E-state index contributed by atoms with van der Waals surface area (Å²) < 4.78 is 18.8. The number of allylic oxidation sites excluding steroid dienone is 1. The van der Waals surface area contributed by atoms with Crippen molar-refractivity contribution in [2.45, 2.75) is 39.8 Å². The molecule has 2 aromatic heterocycles. The summed E-state index contributed by atoms with van der Waals surface area (Å²) in [5.41, 5.74) is 2.99. The van der Waals surface area contributed by atoms with Crippen LogP contribution in [0.25, 0.3) is 17.4 Å². The van der Waals surface area contributed by atoms with E-state index in [1.54, 1.807) is 64.1 Å². The van der Waals surface area contributed by atoms with Crippen LogP contribution in [0.1, 0.15) is 55.4 Å². The standard InChI is InChI=1S/C33H32ClN3O6S/c1-7-41-32(40)28-19(4)35-33-37(29(28)20-8-11-22(12-9-20)36(5)6)30(38)27(44-33)17-23-13-15-26(43-23)25-16-21(34)10-14-24(25)31(39)42-18(2)3/h8-18,29H,7H2,1-6H3/b27-17+/t29-/m1/s1. The number of halogens is 1. The van der Waals surface area contributed by atoms with Gasteiger partial charge in [-0.25, -0.2) is 14.6 Å². The number of esters is 2. The number of hydrogen-bond donors (Lipinski definition) is 0. The second-order valence-electron chi connectivity index (χ2n) is 10.6. The third-order valence-electron chi connectivity index (χ3n) is 6.95. The first kappa shape index (κ1) is 31.0. The zero-order valence-corrected chi connectivity index (χ0v) is 26.8. The Morgan fingerprint density at radius 1 is 1.11 bits per heavy atom. The molecule has 0 amide bonds. The van der Waals surface area contributed by atoms with E-state index in [9.17, 15) is 14.4 Å². The molecule has 0 unspecified atom stereocenters. The lowest BCUT2D eigenvalue weighted by Gasteiger charge is -2.25. The first-order chi connectivity index (χ1) is 21.0. The minimum absolute atomic E-state index is 0.191. The highest BCUT2D eigenvalue weighted by Crippen LogP contribution is 2.32. The SMILES string of the molecule is CCOC(=O)C1=C(C)N=c2s/c(=C/c3ccc(-c4cc(Cl)ccc4C(=O)OC(C)C)o3)c(=O)n2[C@@H]1c1ccc(N(C)C)cc1. The molecule has 1 aliphatic heterocycles. The number of ether oxygens (including phenoxy) is 2. The van der Waals surface area contributed by atoms with Crippen molar-refractivity contribution in [3.05, 3.63) is 107 Å². The second-order valence-corrected chi connectivity index (χ2v) is 12.1. The van der Waals surface area contributed by atoms with Gasteiger partial charge in [-0.05, 0) is 75.7 Å². The Morgan fingerprint density at radius 2 is 1.84 bits per heavy atom. The highest BCUT2D eigenvalue weighted by atomic mass is 35.5. The smallest absolute Gasteiger partial charge is 0.339 e. The van der Waals surface area contributed by atoms with Crippen LogP contribution in [0.5, 0.6) is 0 Å². The van der Waals surface area contributed by atoms with Gasteiger partial charge >= 0.3 is 11.9 Å². The quantitative estimate of drug-likeness (QED) is 0.241. The molecule has 0 radical (unpaired) electrons. The molecule has 0 aliphatic carbocycles. The lowest BCUT2D eigenvalue weighted by molar-refractivity contribution is -0.139. The van der Waals surface area contributed by atoms with Crippen molar-refractivity contribution in [2.24, 2.45) is 4.99 Å². The molecule has 1 atom stereocenters. The molecule has 2 aromatic carbocycles. The predicted molar refractivity (Wildman–Crippen MR) is 171 cm³/mol. The van der Waals surface area contributed by atoms with Crippen molar-refractivity contribution in [1.29, 1.82) is 0 Å². The van der Waals surface area contributed by atoms with Crippen LogP contribution in [-0.2, 0) is 14.3 Å². The van der Waals surface area contributed by atoms with Gasteiger partial charge in [-0.1, -0.05) is 35.1 Å².